The highest BCUT2D eigenvalue weighted by molar-refractivity contribution is 9.09. The van der Waals surface area contributed by atoms with E-state index >= 15 is 0 Å². The molecular formula is C24H35BrN2O6. The molecule has 9 heteroatoms. The molecule has 0 saturated carbocycles. The van der Waals surface area contributed by atoms with E-state index in [1.165, 1.54) is 4.90 Å². The van der Waals surface area contributed by atoms with E-state index in [1.807, 2.05) is 13.8 Å². The van der Waals surface area contributed by atoms with Crippen molar-refractivity contribution in [3.05, 3.63) is 25.3 Å². The van der Waals surface area contributed by atoms with Crippen LogP contribution >= 0.6 is 15.9 Å². The first-order chi connectivity index (χ1) is 15.7. The molecule has 3 aliphatic heterocycles. The lowest BCUT2D eigenvalue weighted by Crippen LogP contribution is -2.58. The van der Waals surface area contributed by atoms with Crippen molar-refractivity contribution in [1.82, 2.24) is 9.80 Å². The number of rotatable bonds is 12. The lowest BCUT2D eigenvalue weighted by molar-refractivity contribution is -0.155. The molecule has 3 saturated heterocycles. The minimum Gasteiger partial charge on any atom is -0.465 e. The zero-order valence-electron chi connectivity index (χ0n) is 19.5. The molecule has 184 valence electrons. The molecule has 8 nitrogen and oxygen atoms in total. The number of aliphatic hydroxyl groups is 1. The average Bonchev–Trinajstić information content (AvgIpc) is 3.36. The summed E-state index contributed by atoms with van der Waals surface area (Å²) in [6.07, 6.45) is 5.05. The second kappa shape index (κ2) is 10.7. The van der Waals surface area contributed by atoms with Gasteiger partial charge in [-0.05, 0) is 39.5 Å². The first-order valence-electron chi connectivity index (χ1n) is 11.7. The van der Waals surface area contributed by atoms with Crippen molar-refractivity contribution in [3.63, 3.8) is 0 Å². The van der Waals surface area contributed by atoms with E-state index in [0.717, 1.165) is 6.42 Å². The van der Waals surface area contributed by atoms with Gasteiger partial charge in [0.15, 0.2) is 0 Å². The van der Waals surface area contributed by atoms with Crippen LogP contribution in [0.4, 0.5) is 0 Å². The van der Waals surface area contributed by atoms with Gasteiger partial charge in [-0.3, -0.25) is 14.4 Å². The third-order valence-electron chi connectivity index (χ3n) is 6.88. The molecule has 0 aromatic carbocycles. The zero-order valence-corrected chi connectivity index (χ0v) is 21.0. The molecule has 2 amide bonds. The van der Waals surface area contributed by atoms with Gasteiger partial charge in [0.2, 0.25) is 11.8 Å². The molecular weight excluding hydrogens is 492 g/mol. The first-order valence-corrected chi connectivity index (χ1v) is 12.6. The molecule has 1 N–H and O–H groups in total. The Labute approximate surface area is 204 Å². The normalized spacial score (nSPS) is 32.2. The molecule has 3 aliphatic rings. The summed E-state index contributed by atoms with van der Waals surface area (Å²) in [4.78, 5) is 43.6. The third-order valence-corrected chi connectivity index (χ3v) is 7.73. The Bertz CT molecular complexity index is 789. The molecule has 0 aliphatic carbocycles. The van der Waals surface area contributed by atoms with Crippen LogP contribution in [-0.4, -0.2) is 87.6 Å². The van der Waals surface area contributed by atoms with E-state index in [-0.39, 0.29) is 42.4 Å². The summed E-state index contributed by atoms with van der Waals surface area (Å²) in [5.41, 5.74) is -1.11. The Hall–Kier alpha value is -1.71. The van der Waals surface area contributed by atoms with Gasteiger partial charge in [0, 0.05) is 30.6 Å². The lowest BCUT2D eigenvalue weighted by atomic mass is 9.70. The van der Waals surface area contributed by atoms with Crippen LogP contribution in [0.15, 0.2) is 25.3 Å². The Morgan fingerprint density at radius 2 is 2.09 bits per heavy atom. The van der Waals surface area contributed by atoms with Gasteiger partial charge in [-0.2, -0.15) is 0 Å². The van der Waals surface area contributed by atoms with Crippen molar-refractivity contribution in [1.29, 1.82) is 0 Å². The fourth-order valence-electron chi connectivity index (χ4n) is 5.51. The van der Waals surface area contributed by atoms with Crippen LogP contribution in [0, 0.1) is 11.8 Å². The third kappa shape index (κ3) is 4.51. The molecule has 3 fully saturated rings. The van der Waals surface area contributed by atoms with Crippen LogP contribution in [0.2, 0.25) is 0 Å². The summed E-state index contributed by atoms with van der Waals surface area (Å²) >= 11 is 3.64. The summed E-state index contributed by atoms with van der Waals surface area (Å²) in [6.45, 7) is 11.9. The number of carbonyl (C=O) groups excluding carboxylic acids is 3. The number of ether oxygens (including phenoxy) is 2. The minimum atomic E-state index is -1.11. The Balaban J connectivity index is 1.96. The van der Waals surface area contributed by atoms with Gasteiger partial charge in [-0.15, -0.1) is 13.2 Å². The van der Waals surface area contributed by atoms with Gasteiger partial charge in [-0.1, -0.05) is 28.1 Å². The van der Waals surface area contributed by atoms with E-state index in [1.54, 1.807) is 17.1 Å². The van der Waals surface area contributed by atoms with Crippen molar-refractivity contribution in [2.24, 2.45) is 11.8 Å². The maximum Gasteiger partial charge on any atom is 0.312 e. The number of carbonyl (C=O) groups is 3. The highest BCUT2D eigenvalue weighted by atomic mass is 79.9. The van der Waals surface area contributed by atoms with Gasteiger partial charge in [-0.25, -0.2) is 0 Å². The monoisotopic (exact) mass is 526 g/mol. The molecule has 3 unspecified atom stereocenters. The van der Waals surface area contributed by atoms with Crippen molar-refractivity contribution < 1.29 is 29.0 Å². The van der Waals surface area contributed by atoms with E-state index in [4.69, 9.17) is 9.47 Å². The molecule has 6 atom stereocenters. The Morgan fingerprint density at radius 1 is 1.36 bits per heavy atom. The predicted octanol–water partition coefficient (Wildman–Crippen LogP) is 2.05. The van der Waals surface area contributed by atoms with Gasteiger partial charge >= 0.3 is 5.97 Å². The summed E-state index contributed by atoms with van der Waals surface area (Å²) in [5, 5.41) is 9.41. The summed E-state index contributed by atoms with van der Waals surface area (Å²) in [7, 11) is 0. The molecule has 0 aromatic rings. The summed E-state index contributed by atoms with van der Waals surface area (Å²) in [5.74, 6) is -2.53. The fourth-order valence-corrected chi connectivity index (χ4v) is 6.45. The van der Waals surface area contributed by atoms with Crippen molar-refractivity contribution >= 4 is 33.7 Å². The second-order valence-electron chi connectivity index (χ2n) is 9.24. The average molecular weight is 527 g/mol. The number of alkyl halides is 1. The number of nitrogens with zero attached hydrogens (tertiary/aromatic N) is 2. The molecule has 2 bridgehead atoms. The maximum atomic E-state index is 13.8. The lowest BCUT2D eigenvalue weighted by Gasteiger charge is -2.38. The van der Waals surface area contributed by atoms with Crippen molar-refractivity contribution in [2.75, 3.05) is 26.3 Å². The number of hydrogen-bond acceptors (Lipinski definition) is 6. The van der Waals surface area contributed by atoms with E-state index < -0.39 is 35.6 Å². The van der Waals surface area contributed by atoms with Crippen LogP contribution in [0.25, 0.3) is 0 Å². The second-order valence-corrected chi connectivity index (χ2v) is 10.4. The predicted molar refractivity (Wildman–Crippen MR) is 127 cm³/mol. The Morgan fingerprint density at radius 3 is 2.70 bits per heavy atom. The molecule has 0 radical (unpaired) electrons. The van der Waals surface area contributed by atoms with Crippen LogP contribution < -0.4 is 0 Å². The smallest absolute Gasteiger partial charge is 0.312 e. The molecule has 1 spiro atoms. The maximum absolute atomic E-state index is 13.8. The molecule has 0 aromatic heterocycles. The van der Waals surface area contributed by atoms with Gasteiger partial charge in [0.05, 0.1) is 24.5 Å². The van der Waals surface area contributed by atoms with Crippen molar-refractivity contribution in [2.45, 2.75) is 68.1 Å². The van der Waals surface area contributed by atoms with Gasteiger partial charge in [0.1, 0.15) is 11.6 Å². The number of aliphatic hydroxyl groups excluding tert-OH is 1. The number of allylic oxidation sites excluding steroid dienone is 1. The summed E-state index contributed by atoms with van der Waals surface area (Å²) in [6, 6.07) is -0.975. The number of fused-ring (bicyclic) bond motifs is 1. The number of likely N-dealkylation sites (tertiary alicyclic amines) is 1. The number of hydrogen-bond donors (Lipinski definition) is 1. The van der Waals surface area contributed by atoms with Gasteiger partial charge in [0.25, 0.3) is 0 Å². The van der Waals surface area contributed by atoms with Crippen LogP contribution in [0.5, 0.6) is 0 Å². The van der Waals surface area contributed by atoms with Gasteiger partial charge < -0.3 is 24.4 Å². The zero-order chi connectivity index (χ0) is 24.3. The van der Waals surface area contributed by atoms with Crippen LogP contribution in [0.1, 0.15) is 39.5 Å². The van der Waals surface area contributed by atoms with Crippen LogP contribution in [0.3, 0.4) is 0 Å². The number of amides is 2. The first kappa shape index (κ1) is 25.9. The topological polar surface area (TPSA) is 96.4 Å². The summed E-state index contributed by atoms with van der Waals surface area (Å²) < 4.78 is 11.9. The van der Waals surface area contributed by atoms with E-state index in [9.17, 15) is 19.5 Å². The molecule has 3 heterocycles. The Kier molecular flexibility index (Phi) is 8.40. The number of esters is 1. The molecule has 33 heavy (non-hydrogen) atoms. The number of unbranched alkanes of at least 4 members (excludes halogenated alkanes) is 1. The fraction of sp³-hybridized carbons (Fsp3) is 0.708. The molecule has 3 rings (SSSR count). The SMILES string of the molecule is C=CCCCOC(=O)[C@H]1[C@@H]2OC3(CC2Br)C(C(=O)N(CC=C)C(C)C)N(CCCO)C(=O)[C@H]13. The largest absolute Gasteiger partial charge is 0.465 e. The highest BCUT2D eigenvalue weighted by Crippen LogP contribution is 2.60. The van der Waals surface area contributed by atoms with Crippen LogP contribution in [-0.2, 0) is 23.9 Å². The standard InChI is InChI=1S/C24H35BrN2O6/c1-5-7-8-13-32-23(31)17-18-21(29)27(11-9-12-28)20(22(30)26(10-6-2)15(3)4)24(18)14-16(25)19(17)33-24/h5-6,15-20,28H,1-2,7-14H2,3-4H3/t16?,17-,18+,19-,20?,24?/m1/s1. The van der Waals surface area contributed by atoms with E-state index in [2.05, 4.69) is 29.1 Å². The minimum absolute atomic E-state index is 0.107. The quantitative estimate of drug-likeness (QED) is 0.181. The van der Waals surface area contributed by atoms with Crippen molar-refractivity contribution in [3.8, 4) is 0 Å². The number of halogens is 1. The van der Waals surface area contributed by atoms with E-state index in [0.29, 0.717) is 25.8 Å². The highest BCUT2D eigenvalue weighted by Gasteiger charge is 2.77.